The van der Waals surface area contributed by atoms with Crippen molar-refractivity contribution in [1.82, 2.24) is 35.1 Å². The molecule has 13 nitrogen and oxygen atoms in total. The van der Waals surface area contributed by atoms with Gasteiger partial charge < -0.3 is 40.9 Å². The molecule has 2 aliphatic rings. The third-order valence-corrected chi connectivity index (χ3v) is 8.71. The minimum atomic E-state index is -1.31. The van der Waals surface area contributed by atoms with E-state index >= 15 is 0 Å². The zero-order valence-corrected chi connectivity index (χ0v) is 25.7. The molecular formula is C33H42N8O5. The van der Waals surface area contributed by atoms with Gasteiger partial charge >= 0.3 is 6.03 Å². The van der Waals surface area contributed by atoms with E-state index in [4.69, 9.17) is 9.72 Å². The second kappa shape index (κ2) is 15.0. The van der Waals surface area contributed by atoms with Crippen molar-refractivity contribution in [2.24, 2.45) is 0 Å². The van der Waals surface area contributed by atoms with Crippen molar-refractivity contribution in [1.29, 1.82) is 0 Å². The summed E-state index contributed by atoms with van der Waals surface area (Å²) in [6.45, 7) is 3.55. The van der Waals surface area contributed by atoms with Gasteiger partial charge in [0.25, 0.3) is 0 Å². The number of amides is 2. The van der Waals surface area contributed by atoms with Crippen LogP contribution >= 0.6 is 0 Å². The van der Waals surface area contributed by atoms with Gasteiger partial charge in [0.05, 0.1) is 19.5 Å². The fraction of sp³-hybridized carbons (Fsp3) is 0.455. The molecule has 46 heavy (non-hydrogen) atoms. The molecule has 2 saturated heterocycles. The van der Waals surface area contributed by atoms with Crippen molar-refractivity contribution in [3.05, 3.63) is 83.9 Å². The molecule has 4 heterocycles. The molecular weight excluding hydrogens is 588 g/mol. The number of benzene rings is 2. The summed E-state index contributed by atoms with van der Waals surface area (Å²) in [6.07, 6.45) is 0.550. The summed E-state index contributed by atoms with van der Waals surface area (Å²) < 4.78 is 7.31. The molecule has 4 atom stereocenters. The van der Waals surface area contributed by atoms with E-state index in [-0.39, 0.29) is 18.5 Å². The zero-order valence-electron chi connectivity index (χ0n) is 25.7. The molecule has 13 heteroatoms. The molecule has 0 aliphatic carbocycles. The molecule has 6 N–H and O–H groups in total. The number of aliphatic hydroxyl groups is 3. The number of carbonyl (C=O) groups excluding carboxylic acids is 1. The van der Waals surface area contributed by atoms with Crippen LogP contribution in [0.25, 0.3) is 11.2 Å². The fourth-order valence-corrected chi connectivity index (χ4v) is 6.19. The average molecular weight is 631 g/mol. The summed E-state index contributed by atoms with van der Waals surface area (Å²) in [6, 6.07) is 20.1. The molecule has 0 radical (unpaired) electrons. The number of hydrogen-bond donors (Lipinski definition) is 6. The summed E-state index contributed by atoms with van der Waals surface area (Å²) >= 11 is 0. The third-order valence-electron chi connectivity index (χ3n) is 8.71. The standard InChI is InChI=1S/C33H42N8O5/c42-20-25-28(43)29(44)32(46-25)41-21-37-27-30(35-18-24(22-10-4-1-5-11-22)23-12-6-2-7-13-23)38-26(39-31(27)41)19-36-33(45)34-14-17-40-15-8-3-9-16-40/h1-2,4-7,10-13,21,24-25,28-29,32,42-44H,3,8-9,14-20H2,(H2,34,36,45)(H,35,38,39)/t25-,28-,29+,32-/m1/s1. The lowest BCUT2D eigenvalue weighted by molar-refractivity contribution is -0.0511. The Morgan fingerprint density at radius 3 is 2.28 bits per heavy atom. The van der Waals surface area contributed by atoms with Crippen molar-refractivity contribution in [3.8, 4) is 0 Å². The third kappa shape index (κ3) is 7.29. The number of rotatable bonds is 12. The van der Waals surface area contributed by atoms with Crippen LogP contribution in [-0.4, -0.2) is 103 Å². The van der Waals surface area contributed by atoms with Crippen molar-refractivity contribution >= 4 is 23.0 Å². The topological polar surface area (TPSA) is 170 Å². The quantitative estimate of drug-likeness (QED) is 0.136. The highest BCUT2D eigenvalue weighted by molar-refractivity contribution is 5.83. The summed E-state index contributed by atoms with van der Waals surface area (Å²) in [4.78, 5) is 29.0. The highest BCUT2D eigenvalue weighted by Gasteiger charge is 2.44. The van der Waals surface area contributed by atoms with Gasteiger partial charge in [-0.3, -0.25) is 4.57 Å². The van der Waals surface area contributed by atoms with Crippen molar-refractivity contribution in [2.75, 3.05) is 44.6 Å². The first kappa shape index (κ1) is 31.8. The number of likely N-dealkylation sites (tertiary alicyclic amines) is 1. The Balaban J connectivity index is 1.24. The number of nitrogens with one attached hydrogen (secondary N) is 3. The Hall–Kier alpha value is -4.14. The van der Waals surface area contributed by atoms with E-state index in [0.29, 0.717) is 35.9 Å². The lowest BCUT2D eigenvalue weighted by Gasteiger charge is -2.26. The smallest absolute Gasteiger partial charge is 0.315 e. The van der Waals surface area contributed by atoms with Crippen LogP contribution in [0.4, 0.5) is 10.6 Å². The van der Waals surface area contributed by atoms with E-state index in [1.165, 1.54) is 30.2 Å². The van der Waals surface area contributed by atoms with Gasteiger partial charge in [-0.2, -0.15) is 0 Å². The predicted octanol–water partition coefficient (Wildman–Crippen LogP) is 1.97. The first-order valence-electron chi connectivity index (χ1n) is 16.0. The van der Waals surface area contributed by atoms with Crippen LogP contribution in [0.15, 0.2) is 67.0 Å². The maximum Gasteiger partial charge on any atom is 0.315 e. The van der Waals surface area contributed by atoms with Gasteiger partial charge in [0.15, 0.2) is 29.0 Å². The molecule has 2 aliphatic heterocycles. The number of ether oxygens (including phenoxy) is 1. The van der Waals surface area contributed by atoms with E-state index in [1.54, 1.807) is 0 Å². The largest absolute Gasteiger partial charge is 0.394 e. The summed E-state index contributed by atoms with van der Waals surface area (Å²) in [5, 5.41) is 40.0. The van der Waals surface area contributed by atoms with Crippen LogP contribution in [0, 0.1) is 0 Å². The highest BCUT2D eigenvalue weighted by atomic mass is 16.6. The molecule has 4 aromatic rings. The second-order valence-corrected chi connectivity index (χ2v) is 11.8. The molecule has 2 aromatic heterocycles. The van der Waals surface area contributed by atoms with Crippen LogP contribution in [0.3, 0.4) is 0 Å². The molecule has 2 amide bonds. The van der Waals surface area contributed by atoms with Gasteiger partial charge in [-0.1, -0.05) is 67.1 Å². The number of anilines is 1. The number of piperidine rings is 1. The first-order valence-corrected chi connectivity index (χ1v) is 16.0. The Labute approximate surface area is 267 Å². The van der Waals surface area contributed by atoms with Crippen LogP contribution in [0.5, 0.6) is 0 Å². The second-order valence-electron chi connectivity index (χ2n) is 11.8. The summed E-state index contributed by atoms with van der Waals surface area (Å²) in [7, 11) is 0. The zero-order chi connectivity index (χ0) is 31.9. The Kier molecular flexibility index (Phi) is 10.4. The normalized spacial score (nSPS) is 21.9. The maximum absolute atomic E-state index is 12.7. The number of urea groups is 1. The molecule has 0 spiro atoms. The van der Waals surface area contributed by atoms with Crippen molar-refractivity contribution in [2.45, 2.75) is 56.3 Å². The first-order chi connectivity index (χ1) is 22.5. The van der Waals surface area contributed by atoms with Gasteiger partial charge in [-0.05, 0) is 37.1 Å². The maximum atomic E-state index is 12.7. The average Bonchev–Trinajstić information content (AvgIpc) is 3.65. The van der Waals surface area contributed by atoms with Gasteiger partial charge in [0, 0.05) is 25.6 Å². The minimum absolute atomic E-state index is 0.00204. The fourth-order valence-electron chi connectivity index (χ4n) is 6.19. The van der Waals surface area contributed by atoms with Gasteiger partial charge in [-0.25, -0.2) is 19.7 Å². The van der Waals surface area contributed by atoms with Crippen LogP contribution in [-0.2, 0) is 11.3 Å². The lowest BCUT2D eigenvalue weighted by atomic mass is 9.91. The lowest BCUT2D eigenvalue weighted by Crippen LogP contribution is -2.41. The summed E-state index contributed by atoms with van der Waals surface area (Å²) in [5.74, 6) is 0.780. The minimum Gasteiger partial charge on any atom is -0.394 e. The summed E-state index contributed by atoms with van der Waals surface area (Å²) in [5.41, 5.74) is 3.05. The van der Waals surface area contributed by atoms with E-state index in [2.05, 4.69) is 55.1 Å². The van der Waals surface area contributed by atoms with Gasteiger partial charge in [0.1, 0.15) is 18.3 Å². The van der Waals surface area contributed by atoms with Crippen molar-refractivity contribution in [3.63, 3.8) is 0 Å². The number of imidazole rings is 1. The van der Waals surface area contributed by atoms with E-state index in [9.17, 15) is 20.1 Å². The van der Waals surface area contributed by atoms with Crippen molar-refractivity contribution < 1.29 is 24.9 Å². The van der Waals surface area contributed by atoms with E-state index in [1.807, 2.05) is 36.4 Å². The molecule has 0 unspecified atom stereocenters. The number of aromatic nitrogens is 4. The molecule has 2 fully saturated rings. The Morgan fingerprint density at radius 1 is 0.935 bits per heavy atom. The van der Waals surface area contributed by atoms with E-state index < -0.39 is 31.1 Å². The number of fused-ring (bicyclic) bond motifs is 1. The Bertz CT molecular complexity index is 1530. The molecule has 2 aromatic carbocycles. The van der Waals surface area contributed by atoms with Gasteiger partial charge in [-0.15, -0.1) is 0 Å². The van der Waals surface area contributed by atoms with Gasteiger partial charge in [0.2, 0.25) is 0 Å². The highest BCUT2D eigenvalue weighted by Crippen LogP contribution is 2.33. The number of aliphatic hydroxyl groups excluding tert-OH is 3. The molecule has 6 rings (SSSR count). The number of carbonyl (C=O) groups is 1. The van der Waals surface area contributed by atoms with Crippen LogP contribution < -0.4 is 16.0 Å². The predicted molar refractivity (Wildman–Crippen MR) is 172 cm³/mol. The molecule has 0 bridgehead atoms. The Morgan fingerprint density at radius 2 is 1.63 bits per heavy atom. The van der Waals surface area contributed by atoms with Crippen LogP contribution in [0.1, 0.15) is 48.4 Å². The molecule has 0 saturated carbocycles. The van der Waals surface area contributed by atoms with Crippen LogP contribution in [0.2, 0.25) is 0 Å². The SMILES string of the molecule is O=C(NCCN1CCCCC1)NCc1nc(NCC(c2ccccc2)c2ccccc2)c2ncn([C@@H]3O[C@H](CO)[C@@H](O)[C@@H]3O)c2n1. The number of hydrogen-bond acceptors (Lipinski definition) is 10. The monoisotopic (exact) mass is 630 g/mol. The molecule has 244 valence electrons. The number of nitrogens with zero attached hydrogens (tertiary/aromatic N) is 5. The van der Waals surface area contributed by atoms with E-state index in [0.717, 1.165) is 30.8 Å².